The van der Waals surface area contributed by atoms with E-state index in [9.17, 15) is 9.90 Å². The molecule has 1 fully saturated rings. The van der Waals surface area contributed by atoms with Crippen molar-refractivity contribution in [1.82, 2.24) is 4.90 Å². The molecule has 144 valence electrons. The van der Waals surface area contributed by atoms with Gasteiger partial charge in [0.15, 0.2) is 0 Å². The van der Waals surface area contributed by atoms with Crippen molar-refractivity contribution in [2.75, 3.05) is 37.7 Å². The van der Waals surface area contributed by atoms with Crippen molar-refractivity contribution in [2.24, 2.45) is 0 Å². The van der Waals surface area contributed by atoms with Gasteiger partial charge < -0.3 is 19.6 Å². The van der Waals surface area contributed by atoms with Crippen LogP contribution in [-0.4, -0.2) is 48.7 Å². The van der Waals surface area contributed by atoms with E-state index in [2.05, 4.69) is 11.8 Å². The first-order valence-electron chi connectivity index (χ1n) is 9.73. The van der Waals surface area contributed by atoms with E-state index in [1.807, 2.05) is 41.3 Å². The number of phenolic OH excluding ortho intramolecular Hbond substituents is 1. The number of nitrogens with zero attached hydrogens (tertiary/aromatic N) is 2. The molecule has 5 nitrogen and oxygen atoms in total. The second-order valence-corrected chi connectivity index (χ2v) is 6.88. The minimum Gasteiger partial charge on any atom is -0.508 e. The lowest BCUT2D eigenvalue weighted by atomic mass is 10.1. The molecule has 0 radical (unpaired) electrons. The molecule has 1 N–H and O–H groups in total. The normalized spacial score (nSPS) is 14.3. The van der Waals surface area contributed by atoms with Gasteiger partial charge in [-0.15, -0.1) is 0 Å². The van der Waals surface area contributed by atoms with Gasteiger partial charge in [0.1, 0.15) is 11.5 Å². The third-order valence-corrected chi connectivity index (χ3v) is 4.90. The number of anilines is 1. The summed E-state index contributed by atoms with van der Waals surface area (Å²) in [5, 5.41) is 9.41. The van der Waals surface area contributed by atoms with Gasteiger partial charge in [-0.1, -0.05) is 19.8 Å². The molecule has 27 heavy (non-hydrogen) atoms. The highest BCUT2D eigenvalue weighted by Crippen LogP contribution is 2.21. The predicted molar refractivity (Wildman–Crippen MR) is 108 cm³/mol. The van der Waals surface area contributed by atoms with Crippen LogP contribution in [0, 0.1) is 0 Å². The second kappa shape index (κ2) is 9.31. The van der Waals surface area contributed by atoms with Crippen LogP contribution in [0.4, 0.5) is 5.69 Å². The molecule has 2 aromatic rings. The monoisotopic (exact) mass is 368 g/mol. The maximum absolute atomic E-state index is 12.7. The second-order valence-electron chi connectivity index (χ2n) is 6.88. The van der Waals surface area contributed by atoms with Crippen molar-refractivity contribution in [1.29, 1.82) is 0 Å². The molecule has 0 unspecified atom stereocenters. The van der Waals surface area contributed by atoms with Gasteiger partial charge in [-0.2, -0.15) is 0 Å². The molecule has 0 bridgehead atoms. The standard InChI is InChI=1S/C22H28N2O3/c1-2-3-4-17-27-21-11-5-18(6-12-21)22(26)24-15-13-23(14-16-24)19-7-9-20(25)10-8-19/h5-12,25H,2-4,13-17H2,1H3. The third-order valence-electron chi connectivity index (χ3n) is 4.90. The van der Waals surface area contributed by atoms with Gasteiger partial charge in [-0.3, -0.25) is 4.79 Å². The highest BCUT2D eigenvalue weighted by atomic mass is 16.5. The lowest BCUT2D eigenvalue weighted by Crippen LogP contribution is -2.48. The van der Waals surface area contributed by atoms with Crippen molar-refractivity contribution >= 4 is 11.6 Å². The largest absolute Gasteiger partial charge is 0.508 e. The topological polar surface area (TPSA) is 53.0 Å². The number of ether oxygens (including phenoxy) is 1. The van der Waals surface area contributed by atoms with E-state index in [0.717, 1.165) is 37.6 Å². The first kappa shape index (κ1) is 19.1. The molecule has 3 rings (SSSR count). The third kappa shape index (κ3) is 5.16. The number of rotatable bonds is 7. The number of carbonyl (C=O) groups excluding carboxylic acids is 1. The Morgan fingerprint density at radius 1 is 0.963 bits per heavy atom. The highest BCUT2D eigenvalue weighted by molar-refractivity contribution is 5.94. The molecule has 0 aliphatic carbocycles. The zero-order chi connectivity index (χ0) is 19.1. The predicted octanol–water partition coefficient (Wildman–Crippen LogP) is 3.92. The van der Waals surface area contributed by atoms with Crippen LogP contribution in [0.15, 0.2) is 48.5 Å². The molecule has 1 aliphatic heterocycles. The van der Waals surface area contributed by atoms with Crippen LogP contribution in [0.3, 0.4) is 0 Å². The fourth-order valence-electron chi connectivity index (χ4n) is 3.25. The van der Waals surface area contributed by atoms with E-state index in [1.165, 1.54) is 12.8 Å². The number of hydrogen-bond donors (Lipinski definition) is 1. The number of unbranched alkanes of at least 4 members (excludes halogenated alkanes) is 2. The number of hydrogen-bond acceptors (Lipinski definition) is 4. The van der Waals surface area contributed by atoms with Gasteiger partial charge in [-0.25, -0.2) is 0 Å². The Balaban J connectivity index is 1.50. The molecule has 2 aromatic carbocycles. The fraction of sp³-hybridized carbons (Fsp3) is 0.409. The molecule has 0 saturated carbocycles. The minimum atomic E-state index is 0.0675. The van der Waals surface area contributed by atoms with Crippen molar-refractivity contribution in [2.45, 2.75) is 26.2 Å². The molecular formula is C22H28N2O3. The van der Waals surface area contributed by atoms with E-state index >= 15 is 0 Å². The van der Waals surface area contributed by atoms with Crippen LogP contribution in [-0.2, 0) is 0 Å². The highest BCUT2D eigenvalue weighted by Gasteiger charge is 2.22. The van der Waals surface area contributed by atoms with E-state index in [0.29, 0.717) is 18.7 Å². The lowest BCUT2D eigenvalue weighted by molar-refractivity contribution is 0.0746. The summed E-state index contributed by atoms with van der Waals surface area (Å²) in [6, 6.07) is 14.7. The van der Waals surface area contributed by atoms with Crippen LogP contribution in [0.1, 0.15) is 36.5 Å². The van der Waals surface area contributed by atoms with Crippen LogP contribution in [0.2, 0.25) is 0 Å². The zero-order valence-corrected chi connectivity index (χ0v) is 15.9. The SMILES string of the molecule is CCCCCOc1ccc(C(=O)N2CCN(c3ccc(O)cc3)CC2)cc1. The van der Waals surface area contributed by atoms with Crippen LogP contribution in [0.5, 0.6) is 11.5 Å². The van der Waals surface area contributed by atoms with E-state index < -0.39 is 0 Å². The Kier molecular flexibility index (Phi) is 6.58. The Bertz CT molecular complexity index is 720. The summed E-state index contributed by atoms with van der Waals surface area (Å²) in [5.41, 5.74) is 1.78. The average Bonchev–Trinajstić information content (AvgIpc) is 2.72. The maximum atomic E-state index is 12.7. The van der Waals surface area contributed by atoms with Crippen LogP contribution >= 0.6 is 0 Å². The molecule has 1 aliphatic rings. The van der Waals surface area contributed by atoms with E-state index in [1.54, 1.807) is 12.1 Å². The maximum Gasteiger partial charge on any atom is 0.253 e. The Hall–Kier alpha value is -2.69. The quantitative estimate of drug-likeness (QED) is 0.753. The summed E-state index contributed by atoms with van der Waals surface area (Å²) in [4.78, 5) is 16.9. The lowest BCUT2D eigenvalue weighted by Gasteiger charge is -2.36. The Morgan fingerprint density at radius 2 is 1.63 bits per heavy atom. The molecule has 0 atom stereocenters. The summed E-state index contributed by atoms with van der Waals surface area (Å²) in [5.74, 6) is 1.16. The van der Waals surface area contributed by atoms with Gasteiger partial charge in [0.25, 0.3) is 5.91 Å². The molecular weight excluding hydrogens is 340 g/mol. The number of carbonyl (C=O) groups is 1. The molecule has 1 saturated heterocycles. The van der Waals surface area contributed by atoms with Gasteiger partial charge in [0.05, 0.1) is 6.61 Å². The summed E-state index contributed by atoms with van der Waals surface area (Å²) >= 11 is 0. The van der Waals surface area contributed by atoms with E-state index in [4.69, 9.17) is 4.74 Å². The molecule has 0 aromatic heterocycles. The van der Waals surface area contributed by atoms with Crippen LogP contribution in [0.25, 0.3) is 0 Å². The molecule has 5 heteroatoms. The molecule has 1 amide bonds. The smallest absolute Gasteiger partial charge is 0.253 e. The summed E-state index contributed by atoms with van der Waals surface area (Å²) in [6.07, 6.45) is 3.41. The number of aromatic hydroxyl groups is 1. The van der Waals surface area contributed by atoms with Crippen molar-refractivity contribution in [3.05, 3.63) is 54.1 Å². The zero-order valence-electron chi connectivity index (χ0n) is 15.9. The van der Waals surface area contributed by atoms with Crippen molar-refractivity contribution in [3.63, 3.8) is 0 Å². The number of benzene rings is 2. The van der Waals surface area contributed by atoms with Crippen molar-refractivity contribution < 1.29 is 14.6 Å². The first-order valence-corrected chi connectivity index (χ1v) is 9.73. The Morgan fingerprint density at radius 3 is 2.26 bits per heavy atom. The number of amides is 1. The van der Waals surface area contributed by atoms with Crippen molar-refractivity contribution in [3.8, 4) is 11.5 Å². The van der Waals surface area contributed by atoms with Crippen LogP contribution < -0.4 is 9.64 Å². The summed E-state index contributed by atoms with van der Waals surface area (Å²) < 4.78 is 5.71. The Labute approximate surface area is 161 Å². The number of piperazine rings is 1. The fourth-order valence-corrected chi connectivity index (χ4v) is 3.25. The van der Waals surface area contributed by atoms with Gasteiger partial charge >= 0.3 is 0 Å². The first-order chi connectivity index (χ1) is 13.2. The average molecular weight is 368 g/mol. The molecule has 1 heterocycles. The van der Waals surface area contributed by atoms with Gasteiger partial charge in [-0.05, 0) is 55.0 Å². The number of phenols is 1. The van der Waals surface area contributed by atoms with Gasteiger partial charge in [0, 0.05) is 37.4 Å². The summed E-state index contributed by atoms with van der Waals surface area (Å²) in [6.45, 7) is 5.85. The van der Waals surface area contributed by atoms with Gasteiger partial charge in [0.2, 0.25) is 0 Å². The molecule has 0 spiro atoms. The van der Waals surface area contributed by atoms with E-state index in [-0.39, 0.29) is 11.7 Å². The minimum absolute atomic E-state index is 0.0675. The summed E-state index contributed by atoms with van der Waals surface area (Å²) in [7, 11) is 0.